The van der Waals surface area contributed by atoms with Crippen molar-refractivity contribution in [1.29, 1.82) is 0 Å². The fourth-order valence-corrected chi connectivity index (χ4v) is 1.73. The van der Waals surface area contributed by atoms with Gasteiger partial charge in [-0.3, -0.25) is 9.78 Å². The van der Waals surface area contributed by atoms with Gasteiger partial charge in [0.25, 0.3) is 0 Å². The Bertz CT molecular complexity index is 523. The van der Waals surface area contributed by atoms with Crippen LogP contribution in [-0.4, -0.2) is 10.9 Å². The number of aryl methyl sites for hydroxylation is 1. The fourth-order valence-electron chi connectivity index (χ4n) is 1.73. The van der Waals surface area contributed by atoms with Crippen molar-refractivity contribution in [2.45, 2.75) is 19.4 Å². The van der Waals surface area contributed by atoms with E-state index in [0.717, 1.165) is 23.2 Å². The number of hydrogen-bond donors (Lipinski definition) is 2. The number of nitrogens with zero attached hydrogens (tertiary/aromatic N) is 1. The highest BCUT2D eigenvalue weighted by atomic mass is 16.1. The molecule has 0 atom stereocenters. The molecule has 4 nitrogen and oxygen atoms in total. The largest absolute Gasteiger partial charge is 0.399 e. The smallest absolute Gasteiger partial charge is 0.220 e. The van der Waals surface area contributed by atoms with E-state index >= 15 is 0 Å². The molecule has 4 heteroatoms. The Hall–Kier alpha value is -2.36. The molecular weight excluding hydrogens is 238 g/mol. The molecule has 0 bridgehead atoms. The molecule has 0 aliphatic rings. The van der Waals surface area contributed by atoms with Gasteiger partial charge in [-0.25, -0.2) is 0 Å². The second kappa shape index (κ2) is 6.54. The molecule has 0 radical (unpaired) electrons. The number of pyridine rings is 1. The highest BCUT2D eigenvalue weighted by Gasteiger charge is 2.02. The van der Waals surface area contributed by atoms with Gasteiger partial charge < -0.3 is 11.1 Å². The number of nitrogen functional groups attached to an aromatic ring is 1. The summed E-state index contributed by atoms with van der Waals surface area (Å²) in [6, 6.07) is 11.4. The van der Waals surface area contributed by atoms with E-state index in [1.54, 1.807) is 12.4 Å². The molecule has 3 N–H and O–H groups in total. The second-order valence-corrected chi connectivity index (χ2v) is 4.37. The molecule has 1 aromatic carbocycles. The zero-order valence-corrected chi connectivity index (χ0v) is 10.7. The average Bonchev–Trinajstić information content (AvgIpc) is 2.45. The van der Waals surface area contributed by atoms with Crippen molar-refractivity contribution in [1.82, 2.24) is 10.3 Å². The Balaban J connectivity index is 1.74. The third-order valence-electron chi connectivity index (χ3n) is 2.86. The van der Waals surface area contributed by atoms with Gasteiger partial charge in [0.1, 0.15) is 0 Å². The third kappa shape index (κ3) is 4.43. The van der Waals surface area contributed by atoms with Gasteiger partial charge in [-0.15, -0.1) is 0 Å². The van der Waals surface area contributed by atoms with E-state index in [0.29, 0.717) is 13.0 Å². The number of carbonyl (C=O) groups is 1. The van der Waals surface area contributed by atoms with Gasteiger partial charge in [-0.2, -0.15) is 0 Å². The summed E-state index contributed by atoms with van der Waals surface area (Å²) in [7, 11) is 0. The highest BCUT2D eigenvalue weighted by Crippen LogP contribution is 2.07. The van der Waals surface area contributed by atoms with E-state index in [9.17, 15) is 4.79 Å². The van der Waals surface area contributed by atoms with Crippen molar-refractivity contribution < 1.29 is 4.79 Å². The molecule has 0 aliphatic heterocycles. The minimum Gasteiger partial charge on any atom is -0.399 e. The van der Waals surface area contributed by atoms with Crippen molar-refractivity contribution in [2.24, 2.45) is 0 Å². The molecule has 1 aromatic heterocycles. The monoisotopic (exact) mass is 255 g/mol. The minimum absolute atomic E-state index is 0.0497. The average molecular weight is 255 g/mol. The lowest BCUT2D eigenvalue weighted by atomic mass is 10.1. The molecule has 1 heterocycles. The van der Waals surface area contributed by atoms with Crippen molar-refractivity contribution in [3.05, 3.63) is 59.9 Å². The zero-order valence-electron chi connectivity index (χ0n) is 10.7. The van der Waals surface area contributed by atoms with E-state index in [1.807, 2.05) is 36.4 Å². The first-order chi connectivity index (χ1) is 9.24. The number of amides is 1. The first kappa shape index (κ1) is 13.1. The molecule has 0 saturated carbocycles. The minimum atomic E-state index is 0.0497. The van der Waals surface area contributed by atoms with Crippen LogP contribution in [-0.2, 0) is 17.8 Å². The molecule has 2 aromatic rings. The summed E-state index contributed by atoms with van der Waals surface area (Å²) in [6.07, 6.45) is 4.64. The zero-order chi connectivity index (χ0) is 13.5. The normalized spacial score (nSPS) is 10.1. The first-order valence-corrected chi connectivity index (χ1v) is 6.24. The molecule has 2 rings (SSSR count). The summed E-state index contributed by atoms with van der Waals surface area (Å²) in [4.78, 5) is 15.6. The summed E-state index contributed by atoms with van der Waals surface area (Å²) in [5.74, 6) is 0.0497. The summed E-state index contributed by atoms with van der Waals surface area (Å²) in [5, 5.41) is 2.89. The number of nitrogens with one attached hydrogen (secondary N) is 1. The summed E-state index contributed by atoms with van der Waals surface area (Å²) < 4.78 is 0. The second-order valence-electron chi connectivity index (χ2n) is 4.37. The van der Waals surface area contributed by atoms with Crippen LogP contribution >= 0.6 is 0 Å². The highest BCUT2D eigenvalue weighted by molar-refractivity contribution is 5.76. The van der Waals surface area contributed by atoms with Gasteiger partial charge >= 0.3 is 0 Å². The number of aromatic nitrogens is 1. The lowest BCUT2D eigenvalue weighted by Crippen LogP contribution is -2.22. The van der Waals surface area contributed by atoms with Crippen LogP contribution in [0.2, 0.25) is 0 Å². The number of carbonyl (C=O) groups excluding carboxylic acids is 1. The van der Waals surface area contributed by atoms with Crippen molar-refractivity contribution in [2.75, 3.05) is 5.73 Å². The van der Waals surface area contributed by atoms with E-state index in [4.69, 9.17) is 5.73 Å². The molecule has 0 saturated heterocycles. The molecule has 19 heavy (non-hydrogen) atoms. The Kier molecular flexibility index (Phi) is 4.50. The van der Waals surface area contributed by atoms with Crippen LogP contribution in [0.15, 0.2) is 48.8 Å². The Morgan fingerprint density at radius 1 is 1.05 bits per heavy atom. The van der Waals surface area contributed by atoms with Gasteiger partial charge in [0.15, 0.2) is 0 Å². The van der Waals surface area contributed by atoms with Crippen LogP contribution in [0.3, 0.4) is 0 Å². The third-order valence-corrected chi connectivity index (χ3v) is 2.86. The van der Waals surface area contributed by atoms with Crippen LogP contribution in [0.25, 0.3) is 0 Å². The van der Waals surface area contributed by atoms with Crippen LogP contribution in [0.5, 0.6) is 0 Å². The molecule has 0 spiro atoms. The topological polar surface area (TPSA) is 68.0 Å². The fraction of sp³-hybridized carbons (Fsp3) is 0.200. The lowest BCUT2D eigenvalue weighted by molar-refractivity contribution is -0.121. The summed E-state index contributed by atoms with van der Waals surface area (Å²) >= 11 is 0. The van der Waals surface area contributed by atoms with Crippen molar-refractivity contribution in [3.8, 4) is 0 Å². The number of anilines is 1. The Morgan fingerprint density at radius 3 is 2.42 bits per heavy atom. The van der Waals surface area contributed by atoms with Crippen LogP contribution in [0, 0.1) is 0 Å². The van der Waals surface area contributed by atoms with Crippen LogP contribution in [0.1, 0.15) is 17.5 Å². The predicted octanol–water partition coefficient (Wildman–Crippen LogP) is 1.91. The number of nitrogens with two attached hydrogens (primary N) is 1. The van der Waals surface area contributed by atoms with Crippen LogP contribution < -0.4 is 11.1 Å². The molecular formula is C15H17N3O. The number of rotatable bonds is 5. The maximum absolute atomic E-state index is 11.7. The van der Waals surface area contributed by atoms with Gasteiger partial charge in [0.05, 0.1) is 0 Å². The SMILES string of the molecule is Nc1ccc(CCC(=O)NCc2ccncc2)cc1. The quantitative estimate of drug-likeness (QED) is 0.802. The maximum Gasteiger partial charge on any atom is 0.220 e. The standard InChI is InChI=1S/C15H17N3O/c16-14-4-1-12(2-5-14)3-6-15(19)18-11-13-7-9-17-10-8-13/h1-2,4-5,7-10H,3,6,11,16H2,(H,18,19). The van der Waals surface area contributed by atoms with Crippen molar-refractivity contribution >= 4 is 11.6 Å². The van der Waals surface area contributed by atoms with E-state index in [2.05, 4.69) is 10.3 Å². The molecule has 0 fully saturated rings. The van der Waals surface area contributed by atoms with Crippen molar-refractivity contribution in [3.63, 3.8) is 0 Å². The number of hydrogen-bond acceptors (Lipinski definition) is 3. The van der Waals surface area contributed by atoms with Gasteiger partial charge in [0.2, 0.25) is 5.91 Å². The first-order valence-electron chi connectivity index (χ1n) is 6.24. The van der Waals surface area contributed by atoms with E-state index in [-0.39, 0.29) is 5.91 Å². The maximum atomic E-state index is 11.7. The Labute approximate surface area is 112 Å². The number of benzene rings is 1. The Morgan fingerprint density at radius 2 is 1.74 bits per heavy atom. The van der Waals surface area contributed by atoms with Gasteiger partial charge in [-0.05, 0) is 41.8 Å². The summed E-state index contributed by atoms with van der Waals surface area (Å²) in [6.45, 7) is 0.545. The molecule has 98 valence electrons. The molecule has 0 unspecified atom stereocenters. The molecule has 1 amide bonds. The van der Waals surface area contributed by atoms with Gasteiger partial charge in [-0.1, -0.05) is 12.1 Å². The lowest BCUT2D eigenvalue weighted by Gasteiger charge is -2.05. The van der Waals surface area contributed by atoms with Crippen LogP contribution in [0.4, 0.5) is 5.69 Å². The summed E-state index contributed by atoms with van der Waals surface area (Å²) in [5.41, 5.74) is 8.52. The van der Waals surface area contributed by atoms with E-state index in [1.165, 1.54) is 0 Å². The van der Waals surface area contributed by atoms with E-state index < -0.39 is 0 Å². The van der Waals surface area contributed by atoms with Gasteiger partial charge in [0, 0.05) is 31.0 Å². The predicted molar refractivity (Wildman–Crippen MR) is 75.3 cm³/mol. The molecule has 0 aliphatic carbocycles.